The smallest absolute Gasteiger partial charge is 0.0159 e. The number of rotatable bonds is 5. The molecular weight excluding hydrogens is 190 g/mol. The van der Waals surface area contributed by atoms with Crippen LogP contribution in [0.3, 0.4) is 0 Å². The lowest BCUT2D eigenvalue weighted by Crippen LogP contribution is -2.21. The van der Waals surface area contributed by atoms with Crippen LogP contribution in [0.15, 0.2) is 12.1 Å². The maximum absolute atomic E-state index is 6.06. The van der Waals surface area contributed by atoms with Crippen LogP contribution in [0.2, 0.25) is 0 Å². The number of thiophene rings is 1. The van der Waals surface area contributed by atoms with Gasteiger partial charge in [0.1, 0.15) is 0 Å². The Balaban J connectivity index is 1.83. The molecule has 1 nitrogen and oxygen atoms in total. The Hall–Kier alpha value is -0.340. The Labute approximate surface area is 90.3 Å². The molecule has 2 heteroatoms. The Kier molecular flexibility index (Phi) is 2.93. The van der Waals surface area contributed by atoms with Gasteiger partial charge in [0.2, 0.25) is 0 Å². The lowest BCUT2D eigenvalue weighted by atomic mass is 10.1. The van der Waals surface area contributed by atoms with E-state index in [1.54, 1.807) is 0 Å². The van der Waals surface area contributed by atoms with Gasteiger partial charge >= 0.3 is 0 Å². The third-order valence-electron chi connectivity index (χ3n) is 2.98. The summed E-state index contributed by atoms with van der Waals surface area (Å²) in [6.45, 7) is 2.23. The number of nitrogens with two attached hydrogens (primary N) is 1. The Morgan fingerprint density at radius 1 is 1.29 bits per heavy atom. The lowest BCUT2D eigenvalue weighted by molar-refractivity contribution is 0.612. The summed E-state index contributed by atoms with van der Waals surface area (Å²) in [6, 6.07) is 4.56. The highest BCUT2D eigenvalue weighted by Gasteiger charge is 2.37. The predicted octanol–water partition coefficient (Wildman–Crippen LogP) is 3.12. The van der Waals surface area contributed by atoms with Crippen LogP contribution in [0.4, 0.5) is 0 Å². The molecule has 78 valence electrons. The zero-order chi connectivity index (χ0) is 10.0. The van der Waals surface area contributed by atoms with Gasteiger partial charge in [-0.3, -0.25) is 0 Å². The van der Waals surface area contributed by atoms with Gasteiger partial charge in [-0.15, -0.1) is 11.3 Å². The molecule has 0 aromatic carbocycles. The van der Waals surface area contributed by atoms with E-state index in [0.29, 0.717) is 0 Å². The van der Waals surface area contributed by atoms with Crippen LogP contribution in [0.25, 0.3) is 0 Å². The molecule has 0 unspecified atom stereocenters. The summed E-state index contributed by atoms with van der Waals surface area (Å²) in [5.74, 6) is 0. The van der Waals surface area contributed by atoms with Gasteiger partial charge in [0, 0.05) is 15.3 Å². The molecule has 2 rings (SSSR count). The van der Waals surface area contributed by atoms with Gasteiger partial charge in [-0.25, -0.2) is 0 Å². The molecule has 2 N–H and O–H groups in total. The maximum atomic E-state index is 6.06. The molecule has 1 heterocycles. The summed E-state index contributed by atoms with van der Waals surface area (Å²) in [7, 11) is 0. The van der Waals surface area contributed by atoms with E-state index in [0.717, 1.165) is 0 Å². The highest BCUT2D eigenvalue weighted by molar-refractivity contribution is 7.11. The lowest BCUT2D eigenvalue weighted by Gasteiger charge is -2.05. The molecule has 0 bridgehead atoms. The van der Waals surface area contributed by atoms with Crippen LogP contribution in [-0.2, 0) is 12.8 Å². The summed E-state index contributed by atoms with van der Waals surface area (Å²) < 4.78 is 0. The van der Waals surface area contributed by atoms with Crippen LogP contribution < -0.4 is 5.73 Å². The molecule has 1 fully saturated rings. The van der Waals surface area contributed by atoms with Crippen LogP contribution in [0, 0.1) is 0 Å². The molecule has 0 amide bonds. The highest BCUT2D eigenvalue weighted by Crippen LogP contribution is 2.37. The first-order chi connectivity index (χ1) is 6.72. The molecule has 0 aliphatic heterocycles. The van der Waals surface area contributed by atoms with Crippen molar-refractivity contribution in [3.8, 4) is 0 Å². The number of hydrogen-bond acceptors (Lipinski definition) is 2. The van der Waals surface area contributed by atoms with E-state index in [1.165, 1.54) is 48.3 Å². The summed E-state index contributed by atoms with van der Waals surface area (Å²) in [5, 5.41) is 0. The Morgan fingerprint density at radius 2 is 1.93 bits per heavy atom. The summed E-state index contributed by atoms with van der Waals surface area (Å²) >= 11 is 1.97. The van der Waals surface area contributed by atoms with Crippen molar-refractivity contribution in [3.05, 3.63) is 21.9 Å². The quantitative estimate of drug-likeness (QED) is 0.792. The van der Waals surface area contributed by atoms with Crippen molar-refractivity contribution in [2.24, 2.45) is 5.73 Å². The maximum Gasteiger partial charge on any atom is 0.0159 e. The SMILES string of the molecule is CCCc1ccc(CCC2(N)CC2)s1. The van der Waals surface area contributed by atoms with Crippen molar-refractivity contribution >= 4 is 11.3 Å². The molecular formula is C12H19NS. The van der Waals surface area contributed by atoms with Gasteiger partial charge in [-0.2, -0.15) is 0 Å². The van der Waals surface area contributed by atoms with Gasteiger partial charge in [0.25, 0.3) is 0 Å². The van der Waals surface area contributed by atoms with Crippen molar-refractivity contribution in [2.45, 2.75) is 51.0 Å². The second-order valence-corrected chi connectivity index (χ2v) is 5.73. The first kappa shape index (κ1) is 10.2. The van der Waals surface area contributed by atoms with Crippen LogP contribution >= 0.6 is 11.3 Å². The molecule has 0 radical (unpaired) electrons. The normalized spacial score (nSPS) is 18.4. The molecule has 14 heavy (non-hydrogen) atoms. The van der Waals surface area contributed by atoms with E-state index < -0.39 is 0 Å². The van der Waals surface area contributed by atoms with Crippen molar-refractivity contribution in [1.82, 2.24) is 0 Å². The first-order valence-corrected chi connectivity index (χ1v) is 6.40. The van der Waals surface area contributed by atoms with Gasteiger partial charge in [-0.05, 0) is 44.2 Å². The van der Waals surface area contributed by atoms with E-state index in [9.17, 15) is 0 Å². The zero-order valence-electron chi connectivity index (χ0n) is 8.88. The minimum atomic E-state index is 0.217. The van der Waals surface area contributed by atoms with Crippen molar-refractivity contribution in [1.29, 1.82) is 0 Å². The molecule has 0 saturated heterocycles. The summed E-state index contributed by atoms with van der Waals surface area (Å²) in [5.41, 5.74) is 6.28. The standard InChI is InChI=1S/C12H19NS/c1-2-3-10-4-5-11(14-10)6-7-12(13)8-9-12/h4-5H,2-3,6-9,13H2,1H3. The van der Waals surface area contributed by atoms with Crippen molar-refractivity contribution < 1.29 is 0 Å². The summed E-state index contributed by atoms with van der Waals surface area (Å²) in [6.07, 6.45) is 7.32. The van der Waals surface area contributed by atoms with E-state index in [2.05, 4.69) is 19.1 Å². The van der Waals surface area contributed by atoms with E-state index in [-0.39, 0.29) is 5.54 Å². The second kappa shape index (κ2) is 4.03. The average molecular weight is 209 g/mol. The fourth-order valence-corrected chi connectivity index (χ4v) is 2.84. The van der Waals surface area contributed by atoms with Gasteiger partial charge < -0.3 is 5.73 Å². The zero-order valence-corrected chi connectivity index (χ0v) is 9.70. The number of hydrogen-bond donors (Lipinski definition) is 1. The van der Waals surface area contributed by atoms with E-state index in [1.807, 2.05) is 11.3 Å². The van der Waals surface area contributed by atoms with E-state index >= 15 is 0 Å². The van der Waals surface area contributed by atoms with Gasteiger partial charge in [0.05, 0.1) is 0 Å². The largest absolute Gasteiger partial charge is 0.325 e. The molecule has 1 saturated carbocycles. The first-order valence-electron chi connectivity index (χ1n) is 5.58. The topological polar surface area (TPSA) is 26.0 Å². The highest BCUT2D eigenvalue weighted by atomic mass is 32.1. The third kappa shape index (κ3) is 2.58. The predicted molar refractivity (Wildman–Crippen MR) is 62.8 cm³/mol. The fourth-order valence-electron chi connectivity index (χ4n) is 1.72. The third-order valence-corrected chi connectivity index (χ3v) is 4.18. The molecule has 0 spiro atoms. The fraction of sp³-hybridized carbons (Fsp3) is 0.667. The van der Waals surface area contributed by atoms with Gasteiger partial charge in [0.15, 0.2) is 0 Å². The molecule has 1 aromatic heterocycles. The molecule has 0 atom stereocenters. The van der Waals surface area contributed by atoms with Gasteiger partial charge in [-0.1, -0.05) is 13.3 Å². The minimum Gasteiger partial charge on any atom is -0.325 e. The van der Waals surface area contributed by atoms with Crippen molar-refractivity contribution in [2.75, 3.05) is 0 Å². The monoisotopic (exact) mass is 209 g/mol. The van der Waals surface area contributed by atoms with Crippen LogP contribution in [0.5, 0.6) is 0 Å². The average Bonchev–Trinajstić information content (AvgIpc) is 2.74. The molecule has 1 aromatic rings. The van der Waals surface area contributed by atoms with Crippen LogP contribution in [0.1, 0.15) is 42.4 Å². The molecule has 1 aliphatic carbocycles. The van der Waals surface area contributed by atoms with Crippen LogP contribution in [-0.4, -0.2) is 5.54 Å². The molecule has 1 aliphatic rings. The number of aryl methyl sites for hydroxylation is 2. The van der Waals surface area contributed by atoms with Crippen molar-refractivity contribution in [3.63, 3.8) is 0 Å². The Morgan fingerprint density at radius 3 is 2.50 bits per heavy atom. The Bertz CT molecular complexity index is 299. The second-order valence-electron chi connectivity index (χ2n) is 4.48. The summed E-state index contributed by atoms with van der Waals surface area (Å²) in [4.78, 5) is 3.05. The van der Waals surface area contributed by atoms with E-state index in [4.69, 9.17) is 5.73 Å². The minimum absolute atomic E-state index is 0.217.